The van der Waals surface area contributed by atoms with Gasteiger partial charge in [-0.1, -0.05) is 6.07 Å². The number of rotatable bonds is 4. The second-order valence-corrected chi connectivity index (χ2v) is 5.83. The van der Waals surface area contributed by atoms with Crippen LogP contribution in [0.15, 0.2) is 23.6 Å². The molecule has 0 aliphatic carbocycles. The molecular weight excluding hydrogens is 299 g/mol. The van der Waals surface area contributed by atoms with Gasteiger partial charge in [0.1, 0.15) is 0 Å². The molecule has 0 radical (unpaired) electrons. The zero-order chi connectivity index (χ0) is 15.6. The average Bonchev–Trinajstić information content (AvgIpc) is 2.82. The molecule has 2 N–H and O–H groups in total. The summed E-state index contributed by atoms with van der Waals surface area (Å²) in [4.78, 5) is 5.83. The molecule has 0 spiro atoms. The van der Waals surface area contributed by atoms with Gasteiger partial charge >= 0.3 is 6.18 Å². The van der Waals surface area contributed by atoms with Crippen LogP contribution in [0.3, 0.4) is 0 Å². The normalized spacial score (nSPS) is 11.7. The summed E-state index contributed by atoms with van der Waals surface area (Å²) >= 11 is 1.48. The van der Waals surface area contributed by atoms with Crippen molar-refractivity contribution >= 4 is 17.0 Å². The molecule has 0 bridgehead atoms. The topological polar surface area (TPSA) is 42.2 Å². The number of halogens is 3. The van der Waals surface area contributed by atoms with Gasteiger partial charge in [-0.2, -0.15) is 13.2 Å². The Balaban J connectivity index is 2.33. The van der Waals surface area contributed by atoms with Crippen molar-refractivity contribution in [2.24, 2.45) is 5.73 Å². The van der Waals surface area contributed by atoms with Crippen LogP contribution in [-0.2, 0) is 19.3 Å². The molecule has 0 aliphatic heterocycles. The highest BCUT2D eigenvalue weighted by atomic mass is 32.1. The fourth-order valence-corrected chi connectivity index (χ4v) is 2.68. The van der Waals surface area contributed by atoms with Crippen LogP contribution >= 0.6 is 11.3 Å². The van der Waals surface area contributed by atoms with Gasteiger partial charge in [-0.05, 0) is 24.6 Å². The standard InChI is InChI=1S/C14H16F3N3S/c1-9-19-11(8-21-9)7-20(2)13-4-3-10(6-18)5-12(13)14(15,16)17/h3-5,8H,6-7,18H2,1-2H3. The molecule has 1 heterocycles. The van der Waals surface area contributed by atoms with Gasteiger partial charge in [0.2, 0.25) is 0 Å². The van der Waals surface area contributed by atoms with Crippen molar-refractivity contribution in [2.75, 3.05) is 11.9 Å². The number of nitrogens with two attached hydrogens (primary N) is 1. The third-order valence-electron chi connectivity index (χ3n) is 3.08. The molecule has 7 heteroatoms. The smallest absolute Gasteiger partial charge is 0.368 e. The second kappa shape index (κ2) is 6.03. The van der Waals surface area contributed by atoms with Crippen molar-refractivity contribution in [2.45, 2.75) is 26.2 Å². The van der Waals surface area contributed by atoms with Crippen molar-refractivity contribution in [3.8, 4) is 0 Å². The Morgan fingerprint density at radius 2 is 2.05 bits per heavy atom. The van der Waals surface area contributed by atoms with Crippen LogP contribution in [0.5, 0.6) is 0 Å². The van der Waals surface area contributed by atoms with E-state index in [9.17, 15) is 13.2 Å². The summed E-state index contributed by atoms with van der Waals surface area (Å²) in [7, 11) is 1.63. The maximum Gasteiger partial charge on any atom is 0.418 e. The largest absolute Gasteiger partial charge is 0.418 e. The highest BCUT2D eigenvalue weighted by Gasteiger charge is 2.34. The van der Waals surface area contributed by atoms with Crippen LogP contribution in [0.4, 0.5) is 18.9 Å². The van der Waals surface area contributed by atoms with Crippen LogP contribution in [-0.4, -0.2) is 12.0 Å². The molecule has 2 aromatic rings. The van der Waals surface area contributed by atoms with Crippen molar-refractivity contribution in [1.82, 2.24) is 4.98 Å². The lowest BCUT2D eigenvalue weighted by atomic mass is 10.1. The zero-order valence-electron chi connectivity index (χ0n) is 11.7. The van der Waals surface area contributed by atoms with Gasteiger partial charge in [0.15, 0.2) is 0 Å². The molecule has 0 saturated carbocycles. The Bertz CT molecular complexity index is 622. The van der Waals surface area contributed by atoms with Crippen molar-refractivity contribution in [1.29, 1.82) is 0 Å². The molecule has 0 aliphatic rings. The van der Waals surface area contributed by atoms with Crippen molar-refractivity contribution < 1.29 is 13.2 Å². The SMILES string of the molecule is Cc1nc(CN(C)c2ccc(CN)cc2C(F)(F)F)cs1. The number of hydrogen-bond donors (Lipinski definition) is 1. The maximum absolute atomic E-state index is 13.2. The third kappa shape index (κ3) is 3.74. The molecule has 0 fully saturated rings. The van der Waals surface area contributed by atoms with Gasteiger partial charge in [0, 0.05) is 24.7 Å². The molecule has 1 aromatic heterocycles. The summed E-state index contributed by atoms with van der Waals surface area (Å²) in [6.07, 6.45) is -4.41. The molecule has 0 amide bonds. The summed E-state index contributed by atoms with van der Waals surface area (Å²) in [6, 6.07) is 4.19. The minimum Gasteiger partial charge on any atom is -0.368 e. The molecule has 3 nitrogen and oxygen atoms in total. The second-order valence-electron chi connectivity index (χ2n) is 4.77. The summed E-state index contributed by atoms with van der Waals surface area (Å²) < 4.78 is 39.6. The molecule has 0 atom stereocenters. The number of thiazole rings is 1. The quantitative estimate of drug-likeness (QED) is 0.938. The Morgan fingerprint density at radius 1 is 1.33 bits per heavy atom. The lowest BCUT2D eigenvalue weighted by Crippen LogP contribution is -2.21. The van der Waals surface area contributed by atoms with Crippen LogP contribution < -0.4 is 10.6 Å². The van der Waals surface area contributed by atoms with Crippen molar-refractivity contribution in [3.63, 3.8) is 0 Å². The van der Waals surface area contributed by atoms with E-state index in [1.165, 1.54) is 17.4 Å². The Morgan fingerprint density at radius 3 is 2.57 bits per heavy atom. The van der Waals surface area contributed by atoms with E-state index >= 15 is 0 Å². The monoisotopic (exact) mass is 315 g/mol. The molecule has 21 heavy (non-hydrogen) atoms. The fraction of sp³-hybridized carbons (Fsp3) is 0.357. The summed E-state index contributed by atoms with van der Waals surface area (Å²) in [5, 5.41) is 2.75. The van der Waals surface area contributed by atoms with E-state index in [1.807, 2.05) is 12.3 Å². The summed E-state index contributed by atoms with van der Waals surface area (Å²) in [5.41, 5.74) is 6.11. The lowest BCUT2D eigenvalue weighted by molar-refractivity contribution is -0.137. The maximum atomic E-state index is 13.2. The number of alkyl halides is 3. The van der Waals surface area contributed by atoms with E-state index in [2.05, 4.69) is 4.98 Å². The van der Waals surface area contributed by atoms with E-state index in [-0.39, 0.29) is 12.2 Å². The number of benzene rings is 1. The number of nitrogens with zero attached hydrogens (tertiary/aromatic N) is 2. The summed E-state index contributed by atoms with van der Waals surface area (Å²) in [5.74, 6) is 0. The van der Waals surface area contributed by atoms with Crippen LogP contribution in [0.1, 0.15) is 21.8 Å². The molecule has 1 aromatic carbocycles. The van der Waals surface area contributed by atoms with Gasteiger partial charge in [-0.15, -0.1) is 11.3 Å². The predicted octanol–water partition coefficient (Wildman–Crippen LogP) is 3.57. The number of aromatic nitrogens is 1. The first-order chi connectivity index (χ1) is 9.81. The third-order valence-corrected chi connectivity index (χ3v) is 3.90. The Hall–Kier alpha value is -1.60. The van der Waals surface area contributed by atoms with Crippen LogP contribution in [0.25, 0.3) is 0 Å². The molecule has 0 saturated heterocycles. The van der Waals surface area contributed by atoms with Gasteiger partial charge in [-0.3, -0.25) is 0 Å². The zero-order valence-corrected chi connectivity index (χ0v) is 12.6. The van der Waals surface area contributed by atoms with Crippen molar-refractivity contribution in [3.05, 3.63) is 45.4 Å². The first-order valence-electron chi connectivity index (χ1n) is 6.33. The highest BCUT2D eigenvalue weighted by molar-refractivity contribution is 7.09. The Kier molecular flexibility index (Phi) is 4.53. The fourth-order valence-electron chi connectivity index (χ4n) is 2.08. The predicted molar refractivity (Wildman–Crippen MR) is 78.3 cm³/mol. The molecule has 2 rings (SSSR count). The van der Waals surface area contributed by atoms with Gasteiger partial charge in [0.05, 0.1) is 22.8 Å². The lowest BCUT2D eigenvalue weighted by Gasteiger charge is -2.23. The molecule has 114 valence electrons. The van der Waals surface area contributed by atoms with Gasteiger partial charge < -0.3 is 10.6 Å². The number of aryl methyl sites for hydroxylation is 1. The first kappa shape index (κ1) is 15.8. The molecular formula is C14H16F3N3S. The van der Waals surface area contributed by atoms with E-state index in [4.69, 9.17) is 5.73 Å². The van der Waals surface area contributed by atoms with E-state index in [0.717, 1.165) is 16.8 Å². The minimum atomic E-state index is -4.41. The van der Waals surface area contributed by atoms with Gasteiger partial charge in [0.25, 0.3) is 0 Å². The average molecular weight is 315 g/mol. The Labute approximate surface area is 125 Å². The number of hydrogen-bond acceptors (Lipinski definition) is 4. The van der Waals surface area contributed by atoms with Crippen LogP contribution in [0.2, 0.25) is 0 Å². The van der Waals surface area contributed by atoms with Gasteiger partial charge in [-0.25, -0.2) is 4.98 Å². The van der Waals surface area contributed by atoms with E-state index in [0.29, 0.717) is 12.1 Å². The summed E-state index contributed by atoms with van der Waals surface area (Å²) in [6.45, 7) is 2.28. The minimum absolute atomic E-state index is 0.0817. The highest BCUT2D eigenvalue weighted by Crippen LogP contribution is 2.37. The van der Waals surface area contributed by atoms with Crippen LogP contribution in [0, 0.1) is 6.92 Å². The van der Waals surface area contributed by atoms with E-state index < -0.39 is 11.7 Å². The molecule has 0 unspecified atom stereocenters. The first-order valence-corrected chi connectivity index (χ1v) is 7.21. The van der Waals surface area contributed by atoms with E-state index in [1.54, 1.807) is 18.0 Å². The number of anilines is 1.